The van der Waals surface area contributed by atoms with Crippen LogP contribution in [0, 0.1) is 0 Å². The lowest BCUT2D eigenvalue weighted by Crippen LogP contribution is -2.15. The first-order chi connectivity index (χ1) is 24.3. The standard InChI is InChI=1S/C45H31N3S/c1-4-13-30(14-5-1)31-23-25-32(26-24-31)35-27-36(38-20-12-21-40-39-19-10-11-22-41(39)49-42(38)40)29-37(28-35)45-47-43(33-15-6-2-7-16-33)46-44(48-45)34-17-8-3-9-18-34/h1-29,38,42H. The van der Waals surface area contributed by atoms with Gasteiger partial charge in [0, 0.05) is 32.8 Å². The van der Waals surface area contributed by atoms with Crippen molar-refractivity contribution in [1.82, 2.24) is 15.0 Å². The van der Waals surface area contributed by atoms with E-state index in [0.717, 1.165) is 27.8 Å². The molecular weight excluding hydrogens is 615 g/mol. The number of fused-ring (bicyclic) bond motifs is 3. The minimum Gasteiger partial charge on any atom is -0.208 e. The molecule has 232 valence electrons. The van der Waals surface area contributed by atoms with Gasteiger partial charge in [0.25, 0.3) is 0 Å². The second kappa shape index (κ2) is 12.6. The summed E-state index contributed by atoms with van der Waals surface area (Å²) in [6.07, 6.45) is 6.87. The Morgan fingerprint density at radius 1 is 0.429 bits per heavy atom. The fourth-order valence-corrected chi connectivity index (χ4v) is 8.31. The van der Waals surface area contributed by atoms with Crippen LogP contribution in [0.2, 0.25) is 0 Å². The maximum Gasteiger partial charge on any atom is 0.164 e. The van der Waals surface area contributed by atoms with Crippen molar-refractivity contribution in [3.63, 3.8) is 0 Å². The summed E-state index contributed by atoms with van der Waals surface area (Å²) in [7, 11) is 0. The molecule has 9 rings (SSSR count). The number of rotatable bonds is 6. The highest BCUT2D eigenvalue weighted by atomic mass is 32.2. The van der Waals surface area contributed by atoms with Crippen molar-refractivity contribution in [2.75, 3.05) is 0 Å². The van der Waals surface area contributed by atoms with Crippen LogP contribution in [-0.4, -0.2) is 20.2 Å². The van der Waals surface area contributed by atoms with Gasteiger partial charge in [-0.3, -0.25) is 0 Å². The molecule has 2 atom stereocenters. The molecule has 0 amide bonds. The van der Waals surface area contributed by atoms with Crippen LogP contribution < -0.4 is 0 Å². The summed E-state index contributed by atoms with van der Waals surface area (Å²) >= 11 is 1.96. The van der Waals surface area contributed by atoms with Crippen LogP contribution in [0.3, 0.4) is 0 Å². The summed E-state index contributed by atoms with van der Waals surface area (Å²) in [6, 6.07) is 55.4. The molecule has 0 fully saturated rings. The number of hydrogen-bond acceptors (Lipinski definition) is 4. The Balaban J connectivity index is 1.20. The minimum atomic E-state index is 0.184. The SMILES string of the molecule is C1=CC(c2cc(-c3ccc(-c4ccccc4)cc3)cc(-c3nc(-c4ccccc4)nc(-c4ccccc4)n3)c2)C2Sc3ccccc3C2=C1. The molecule has 0 bridgehead atoms. The van der Waals surface area contributed by atoms with Crippen LogP contribution >= 0.6 is 11.8 Å². The van der Waals surface area contributed by atoms with E-state index in [1.165, 1.54) is 32.7 Å². The third-order valence-electron chi connectivity index (χ3n) is 9.30. The maximum absolute atomic E-state index is 5.12. The zero-order valence-electron chi connectivity index (χ0n) is 26.6. The fraction of sp³-hybridized carbons (Fsp3) is 0.0444. The Morgan fingerprint density at radius 3 is 1.55 bits per heavy atom. The molecule has 3 nitrogen and oxygen atoms in total. The lowest BCUT2D eigenvalue weighted by Gasteiger charge is -2.25. The van der Waals surface area contributed by atoms with Gasteiger partial charge < -0.3 is 0 Å². The Bertz CT molecular complexity index is 2290. The summed E-state index contributed by atoms with van der Waals surface area (Å²) in [5.41, 5.74) is 11.6. The Labute approximate surface area is 290 Å². The van der Waals surface area contributed by atoms with E-state index >= 15 is 0 Å². The Morgan fingerprint density at radius 2 is 0.918 bits per heavy atom. The first-order valence-corrected chi connectivity index (χ1v) is 17.5. The molecule has 0 N–H and O–H groups in total. The molecule has 4 heteroatoms. The summed E-state index contributed by atoms with van der Waals surface area (Å²) in [6.45, 7) is 0. The third kappa shape index (κ3) is 5.71. The molecule has 1 aliphatic carbocycles. The van der Waals surface area contributed by atoms with Gasteiger partial charge in [-0.25, -0.2) is 15.0 Å². The summed E-state index contributed by atoms with van der Waals surface area (Å²) in [5, 5.41) is 0.295. The van der Waals surface area contributed by atoms with Gasteiger partial charge in [-0.15, -0.1) is 11.8 Å². The van der Waals surface area contributed by atoms with Crippen molar-refractivity contribution >= 4 is 17.3 Å². The monoisotopic (exact) mass is 645 g/mol. The lowest BCUT2D eigenvalue weighted by atomic mass is 9.83. The first kappa shape index (κ1) is 29.3. The van der Waals surface area contributed by atoms with Gasteiger partial charge in [-0.05, 0) is 57.2 Å². The number of allylic oxidation sites excluding steroid dienone is 3. The van der Waals surface area contributed by atoms with Crippen molar-refractivity contribution in [3.05, 3.63) is 187 Å². The van der Waals surface area contributed by atoms with E-state index in [4.69, 9.17) is 15.0 Å². The third-order valence-corrected chi connectivity index (χ3v) is 10.7. The van der Waals surface area contributed by atoms with Crippen LogP contribution in [0.15, 0.2) is 181 Å². The quantitative estimate of drug-likeness (QED) is 0.180. The van der Waals surface area contributed by atoms with Crippen LogP contribution in [0.5, 0.6) is 0 Å². The Kier molecular flexibility index (Phi) is 7.56. The average Bonchev–Trinajstić information content (AvgIpc) is 3.58. The fourth-order valence-electron chi connectivity index (χ4n) is 6.84. The topological polar surface area (TPSA) is 38.7 Å². The molecule has 2 heterocycles. The lowest BCUT2D eigenvalue weighted by molar-refractivity contribution is 0.891. The molecule has 6 aromatic carbocycles. The van der Waals surface area contributed by atoms with E-state index in [9.17, 15) is 0 Å². The molecule has 0 spiro atoms. The highest BCUT2D eigenvalue weighted by Gasteiger charge is 2.35. The van der Waals surface area contributed by atoms with E-state index < -0.39 is 0 Å². The van der Waals surface area contributed by atoms with E-state index in [1.54, 1.807) is 0 Å². The van der Waals surface area contributed by atoms with Gasteiger partial charge in [0.05, 0.1) is 0 Å². The second-order valence-corrected chi connectivity index (χ2v) is 13.6. The van der Waals surface area contributed by atoms with Crippen molar-refractivity contribution < 1.29 is 0 Å². The van der Waals surface area contributed by atoms with Crippen molar-refractivity contribution in [2.45, 2.75) is 16.1 Å². The number of hydrogen-bond donors (Lipinski definition) is 0. The summed E-state index contributed by atoms with van der Waals surface area (Å²) in [4.78, 5) is 16.5. The normalized spacial score (nSPS) is 16.1. The highest BCUT2D eigenvalue weighted by molar-refractivity contribution is 8.01. The zero-order chi connectivity index (χ0) is 32.6. The van der Waals surface area contributed by atoms with Crippen molar-refractivity contribution in [2.24, 2.45) is 0 Å². The van der Waals surface area contributed by atoms with E-state index in [1.807, 2.05) is 48.2 Å². The molecule has 1 aliphatic heterocycles. The van der Waals surface area contributed by atoms with Gasteiger partial charge in [-0.2, -0.15) is 0 Å². The predicted octanol–water partition coefficient (Wildman–Crippen LogP) is 11.4. The van der Waals surface area contributed by atoms with Crippen LogP contribution in [0.25, 0.3) is 62.0 Å². The molecule has 0 radical (unpaired) electrons. The number of benzene rings is 6. The predicted molar refractivity (Wildman–Crippen MR) is 203 cm³/mol. The van der Waals surface area contributed by atoms with Crippen molar-refractivity contribution in [3.8, 4) is 56.4 Å². The molecule has 49 heavy (non-hydrogen) atoms. The average molecular weight is 646 g/mol. The molecule has 0 saturated carbocycles. The van der Waals surface area contributed by atoms with Crippen LogP contribution in [0.4, 0.5) is 0 Å². The van der Waals surface area contributed by atoms with Crippen LogP contribution in [-0.2, 0) is 0 Å². The van der Waals surface area contributed by atoms with Gasteiger partial charge in [0.2, 0.25) is 0 Å². The number of aromatic nitrogens is 3. The molecule has 1 aromatic heterocycles. The maximum atomic E-state index is 5.12. The zero-order valence-corrected chi connectivity index (χ0v) is 27.5. The second-order valence-electron chi connectivity index (χ2n) is 12.4. The molecule has 2 aliphatic rings. The summed E-state index contributed by atoms with van der Waals surface area (Å²) < 4.78 is 0. The van der Waals surface area contributed by atoms with E-state index in [0.29, 0.717) is 22.7 Å². The molecule has 7 aromatic rings. The van der Waals surface area contributed by atoms with Gasteiger partial charge in [-0.1, -0.05) is 158 Å². The molecule has 2 unspecified atom stereocenters. The molecular formula is C45H31N3S. The van der Waals surface area contributed by atoms with Crippen LogP contribution in [0.1, 0.15) is 17.0 Å². The van der Waals surface area contributed by atoms with Gasteiger partial charge in [0.1, 0.15) is 0 Å². The molecule has 0 saturated heterocycles. The van der Waals surface area contributed by atoms with E-state index in [-0.39, 0.29) is 5.92 Å². The van der Waals surface area contributed by atoms with Gasteiger partial charge in [0.15, 0.2) is 17.5 Å². The minimum absolute atomic E-state index is 0.184. The number of thioether (sulfide) groups is 1. The number of nitrogens with zero attached hydrogens (tertiary/aromatic N) is 3. The highest BCUT2D eigenvalue weighted by Crippen LogP contribution is 2.52. The first-order valence-electron chi connectivity index (χ1n) is 16.6. The smallest absolute Gasteiger partial charge is 0.164 e. The summed E-state index contributed by atoms with van der Waals surface area (Å²) in [5.74, 6) is 2.17. The largest absolute Gasteiger partial charge is 0.208 e. The Hall–Kier alpha value is -5.84. The van der Waals surface area contributed by atoms with Gasteiger partial charge >= 0.3 is 0 Å². The van der Waals surface area contributed by atoms with E-state index in [2.05, 4.69) is 140 Å². The van der Waals surface area contributed by atoms with Crippen molar-refractivity contribution in [1.29, 1.82) is 0 Å².